The molecule has 0 saturated carbocycles. The smallest absolute Gasteiger partial charge is 0.0700 e. The van der Waals surface area contributed by atoms with Crippen LogP contribution in [0.1, 0.15) is 20.3 Å². The lowest BCUT2D eigenvalue weighted by Crippen LogP contribution is -2.22. The van der Waals surface area contributed by atoms with Gasteiger partial charge in [-0.2, -0.15) is 0 Å². The molecule has 1 N–H and O–H groups in total. The Balaban J connectivity index is 2.88. The van der Waals surface area contributed by atoms with Crippen molar-refractivity contribution in [1.29, 1.82) is 0 Å². The van der Waals surface area contributed by atoms with Gasteiger partial charge in [0.2, 0.25) is 0 Å². The van der Waals surface area contributed by atoms with Crippen molar-refractivity contribution in [2.45, 2.75) is 20.3 Å². The van der Waals surface area contributed by atoms with Crippen molar-refractivity contribution in [2.75, 3.05) is 53.2 Å². The van der Waals surface area contributed by atoms with Crippen molar-refractivity contribution in [2.24, 2.45) is 5.92 Å². The van der Waals surface area contributed by atoms with E-state index in [1.165, 1.54) is 0 Å². The zero-order valence-corrected chi connectivity index (χ0v) is 11.0. The summed E-state index contributed by atoms with van der Waals surface area (Å²) in [7, 11) is 1.68. The van der Waals surface area contributed by atoms with Crippen molar-refractivity contribution < 1.29 is 14.2 Å². The molecule has 0 bridgehead atoms. The normalized spacial score (nSPS) is 11.2. The molecule has 0 atom stereocenters. The summed E-state index contributed by atoms with van der Waals surface area (Å²) in [6.07, 6.45) is 1.06. The molecule has 98 valence electrons. The third-order valence-corrected chi connectivity index (χ3v) is 1.95. The summed E-state index contributed by atoms with van der Waals surface area (Å²) in [5.41, 5.74) is 0. The first kappa shape index (κ1) is 15.8. The summed E-state index contributed by atoms with van der Waals surface area (Å²) in [6.45, 7) is 10.0. The number of methoxy groups -OCH3 is 1. The van der Waals surface area contributed by atoms with Crippen LogP contribution in [0.5, 0.6) is 0 Å². The molecule has 0 aliphatic rings. The standard InChI is InChI=1S/C12H27NO3/c1-12(2)11-16-7-4-5-13-6-8-15-10-9-14-3/h12-13H,4-11H2,1-3H3. The van der Waals surface area contributed by atoms with Gasteiger partial charge in [0.05, 0.1) is 19.8 Å². The van der Waals surface area contributed by atoms with E-state index in [1.807, 2.05) is 0 Å². The molecule has 0 aromatic rings. The largest absolute Gasteiger partial charge is 0.382 e. The maximum absolute atomic E-state index is 5.47. The van der Waals surface area contributed by atoms with Crippen LogP contribution in [0.3, 0.4) is 0 Å². The molecule has 0 aromatic carbocycles. The molecule has 0 spiro atoms. The fraction of sp³-hybridized carbons (Fsp3) is 1.00. The predicted octanol–water partition coefficient (Wildman–Crippen LogP) is 1.30. The molecule has 0 fully saturated rings. The molecule has 0 saturated heterocycles. The molecule has 0 radical (unpaired) electrons. The van der Waals surface area contributed by atoms with Gasteiger partial charge in [-0.05, 0) is 18.9 Å². The zero-order chi connectivity index (χ0) is 12.1. The summed E-state index contributed by atoms with van der Waals surface area (Å²) < 4.78 is 15.7. The van der Waals surface area contributed by atoms with Crippen LogP contribution in [-0.2, 0) is 14.2 Å². The van der Waals surface area contributed by atoms with Gasteiger partial charge < -0.3 is 19.5 Å². The zero-order valence-electron chi connectivity index (χ0n) is 11.0. The topological polar surface area (TPSA) is 39.7 Å². The van der Waals surface area contributed by atoms with E-state index in [-0.39, 0.29) is 0 Å². The minimum Gasteiger partial charge on any atom is -0.382 e. The molecular weight excluding hydrogens is 206 g/mol. The maximum Gasteiger partial charge on any atom is 0.0700 e. The highest BCUT2D eigenvalue weighted by Gasteiger charge is 1.93. The molecule has 4 heteroatoms. The van der Waals surface area contributed by atoms with E-state index < -0.39 is 0 Å². The average molecular weight is 233 g/mol. The fourth-order valence-corrected chi connectivity index (χ4v) is 1.13. The van der Waals surface area contributed by atoms with E-state index in [9.17, 15) is 0 Å². The second-order valence-electron chi connectivity index (χ2n) is 4.18. The SMILES string of the molecule is COCCOCCNCCCOCC(C)C. The molecule has 0 amide bonds. The average Bonchev–Trinajstić information content (AvgIpc) is 2.25. The Hall–Kier alpha value is -0.160. The van der Waals surface area contributed by atoms with E-state index in [4.69, 9.17) is 14.2 Å². The van der Waals surface area contributed by atoms with Crippen LogP contribution < -0.4 is 5.32 Å². The van der Waals surface area contributed by atoms with E-state index in [0.717, 1.165) is 39.3 Å². The van der Waals surface area contributed by atoms with Crippen LogP contribution in [0.2, 0.25) is 0 Å². The first-order valence-corrected chi connectivity index (χ1v) is 6.12. The number of hydrogen-bond donors (Lipinski definition) is 1. The Morgan fingerprint density at radius 2 is 1.75 bits per heavy atom. The molecular formula is C12H27NO3. The van der Waals surface area contributed by atoms with Crippen LogP contribution in [0.25, 0.3) is 0 Å². The summed E-state index contributed by atoms with van der Waals surface area (Å²) in [5.74, 6) is 0.627. The van der Waals surface area contributed by atoms with Gasteiger partial charge >= 0.3 is 0 Å². The minimum absolute atomic E-state index is 0.627. The van der Waals surface area contributed by atoms with Crippen LogP contribution in [0, 0.1) is 5.92 Å². The van der Waals surface area contributed by atoms with Gasteiger partial charge in [-0.3, -0.25) is 0 Å². The molecule has 0 aromatic heterocycles. The Bertz CT molecular complexity index is 131. The van der Waals surface area contributed by atoms with Crippen LogP contribution in [-0.4, -0.2) is 53.2 Å². The number of nitrogens with one attached hydrogen (secondary N) is 1. The molecule has 0 unspecified atom stereocenters. The summed E-state index contributed by atoms with van der Waals surface area (Å²) in [5, 5.41) is 3.30. The Kier molecular flexibility index (Phi) is 12.8. The second-order valence-corrected chi connectivity index (χ2v) is 4.18. The van der Waals surface area contributed by atoms with Gasteiger partial charge in [0.1, 0.15) is 0 Å². The van der Waals surface area contributed by atoms with E-state index >= 15 is 0 Å². The lowest BCUT2D eigenvalue weighted by atomic mass is 10.2. The lowest BCUT2D eigenvalue weighted by molar-refractivity contribution is 0.0713. The lowest BCUT2D eigenvalue weighted by Gasteiger charge is -2.08. The first-order chi connectivity index (χ1) is 7.77. The van der Waals surface area contributed by atoms with Gasteiger partial charge in [0.25, 0.3) is 0 Å². The van der Waals surface area contributed by atoms with Crippen LogP contribution >= 0.6 is 0 Å². The third-order valence-electron chi connectivity index (χ3n) is 1.95. The molecule has 16 heavy (non-hydrogen) atoms. The van der Waals surface area contributed by atoms with Crippen LogP contribution in [0.4, 0.5) is 0 Å². The highest BCUT2D eigenvalue weighted by molar-refractivity contribution is 4.47. The van der Waals surface area contributed by atoms with Crippen molar-refractivity contribution >= 4 is 0 Å². The highest BCUT2D eigenvalue weighted by atomic mass is 16.5. The minimum atomic E-state index is 0.627. The van der Waals surface area contributed by atoms with Gasteiger partial charge in [-0.1, -0.05) is 13.8 Å². The fourth-order valence-electron chi connectivity index (χ4n) is 1.13. The first-order valence-electron chi connectivity index (χ1n) is 6.12. The van der Waals surface area contributed by atoms with E-state index in [2.05, 4.69) is 19.2 Å². The number of hydrogen-bond acceptors (Lipinski definition) is 4. The number of rotatable bonds is 12. The second kappa shape index (κ2) is 12.9. The summed E-state index contributed by atoms with van der Waals surface area (Å²) in [4.78, 5) is 0. The predicted molar refractivity (Wildman–Crippen MR) is 65.8 cm³/mol. The van der Waals surface area contributed by atoms with Gasteiger partial charge in [-0.25, -0.2) is 0 Å². The molecule has 4 nitrogen and oxygen atoms in total. The Labute approximate surface area is 99.6 Å². The monoisotopic (exact) mass is 233 g/mol. The van der Waals surface area contributed by atoms with Crippen molar-refractivity contribution in [1.82, 2.24) is 5.32 Å². The maximum atomic E-state index is 5.47. The Morgan fingerprint density at radius 1 is 0.938 bits per heavy atom. The van der Waals surface area contributed by atoms with E-state index in [0.29, 0.717) is 19.1 Å². The van der Waals surface area contributed by atoms with Crippen LogP contribution in [0.15, 0.2) is 0 Å². The van der Waals surface area contributed by atoms with Gasteiger partial charge in [-0.15, -0.1) is 0 Å². The molecule has 0 aliphatic carbocycles. The molecule has 0 aliphatic heterocycles. The van der Waals surface area contributed by atoms with Gasteiger partial charge in [0.15, 0.2) is 0 Å². The summed E-state index contributed by atoms with van der Waals surface area (Å²) in [6, 6.07) is 0. The van der Waals surface area contributed by atoms with Crippen molar-refractivity contribution in [3.8, 4) is 0 Å². The van der Waals surface area contributed by atoms with E-state index in [1.54, 1.807) is 7.11 Å². The quantitative estimate of drug-likeness (QED) is 0.516. The third kappa shape index (κ3) is 13.8. The van der Waals surface area contributed by atoms with Crippen molar-refractivity contribution in [3.05, 3.63) is 0 Å². The Morgan fingerprint density at radius 3 is 2.44 bits per heavy atom. The molecule has 0 heterocycles. The van der Waals surface area contributed by atoms with Gasteiger partial charge in [0, 0.05) is 26.9 Å². The van der Waals surface area contributed by atoms with Crippen molar-refractivity contribution in [3.63, 3.8) is 0 Å². The highest BCUT2D eigenvalue weighted by Crippen LogP contribution is 1.92. The summed E-state index contributed by atoms with van der Waals surface area (Å²) >= 11 is 0. The molecule has 0 rings (SSSR count). The number of ether oxygens (including phenoxy) is 3.